The molecule has 2 aliphatic carbocycles. The summed E-state index contributed by atoms with van der Waals surface area (Å²) in [6, 6.07) is 6.67. The number of anilines is 1. The third-order valence-corrected chi connectivity index (χ3v) is 7.39. The van der Waals surface area contributed by atoms with Crippen molar-refractivity contribution >= 4 is 21.6 Å². The maximum atomic E-state index is 12.5. The first-order chi connectivity index (χ1) is 11.5. The fraction of sp³-hybridized carbons (Fsp3) is 0.611. The Bertz CT molecular complexity index is 729. The van der Waals surface area contributed by atoms with Gasteiger partial charge in [-0.3, -0.25) is 4.79 Å². The zero-order valence-electron chi connectivity index (χ0n) is 13.8. The zero-order valence-corrected chi connectivity index (χ0v) is 14.6. The molecule has 24 heavy (non-hydrogen) atoms. The lowest BCUT2D eigenvalue weighted by Gasteiger charge is -2.22. The number of nitrogens with zero attached hydrogens (tertiary/aromatic N) is 1. The molecule has 1 amide bonds. The van der Waals surface area contributed by atoms with Crippen LogP contribution in [-0.2, 0) is 14.8 Å². The van der Waals surface area contributed by atoms with E-state index in [2.05, 4.69) is 4.72 Å². The number of rotatable bonds is 5. The van der Waals surface area contributed by atoms with Gasteiger partial charge in [0.2, 0.25) is 15.9 Å². The minimum Gasteiger partial charge on any atom is -0.312 e. The monoisotopic (exact) mass is 348 g/mol. The topological polar surface area (TPSA) is 66.5 Å². The Hall–Kier alpha value is -1.40. The predicted octanol–water partition coefficient (Wildman–Crippen LogP) is 2.53. The summed E-state index contributed by atoms with van der Waals surface area (Å²) in [6.07, 6.45) is 6.48. The Morgan fingerprint density at radius 2 is 1.92 bits per heavy atom. The van der Waals surface area contributed by atoms with E-state index in [1.165, 1.54) is 25.7 Å². The highest BCUT2D eigenvalue weighted by Crippen LogP contribution is 2.48. The number of nitrogens with one attached hydrogen (secondary N) is 1. The third kappa shape index (κ3) is 2.97. The van der Waals surface area contributed by atoms with Crippen LogP contribution in [0.25, 0.3) is 0 Å². The predicted molar refractivity (Wildman–Crippen MR) is 92.2 cm³/mol. The van der Waals surface area contributed by atoms with Crippen LogP contribution in [0.5, 0.6) is 0 Å². The van der Waals surface area contributed by atoms with Crippen molar-refractivity contribution in [2.75, 3.05) is 18.0 Å². The molecule has 1 aromatic rings. The molecule has 3 fully saturated rings. The number of hydrogen-bond acceptors (Lipinski definition) is 3. The maximum Gasteiger partial charge on any atom is 0.240 e. The summed E-state index contributed by atoms with van der Waals surface area (Å²) in [5, 5.41) is 0. The SMILES string of the molecule is O=C1CCCN1c1ccc(S(=O)(=O)NC[C@@H]2C[C@H]3CC[C@H]2C3)cc1. The minimum atomic E-state index is -3.47. The summed E-state index contributed by atoms with van der Waals surface area (Å²) in [6.45, 7) is 1.27. The molecular weight excluding hydrogens is 324 g/mol. The summed E-state index contributed by atoms with van der Waals surface area (Å²) < 4.78 is 27.8. The van der Waals surface area contributed by atoms with Crippen LogP contribution < -0.4 is 9.62 Å². The van der Waals surface area contributed by atoms with Gasteiger partial charge >= 0.3 is 0 Å². The average Bonchev–Trinajstić information content (AvgIpc) is 3.30. The molecule has 1 heterocycles. The van der Waals surface area contributed by atoms with Crippen molar-refractivity contribution in [3.05, 3.63) is 24.3 Å². The second-order valence-electron chi connectivity index (χ2n) is 7.43. The summed E-state index contributed by atoms with van der Waals surface area (Å²) >= 11 is 0. The van der Waals surface area contributed by atoms with Crippen molar-refractivity contribution in [1.29, 1.82) is 0 Å². The maximum absolute atomic E-state index is 12.5. The summed E-state index contributed by atoms with van der Waals surface area (Å²) in [4.78, 5) is 13.8. The molecule has 6 heteroatoms. The standard InChI is InChI=1S/C18H24N2O3S/c21-18-2-1-9-20(18)16-5-7-17(8-6-16)24(22,23)19-12-15-11-13-3-4-14(15)10-13/h5-8,13-15,19H,1-4,9-12H2/t13-,14-,15-/m0/s1. The number of sulfonamides is 1. The van der Waals surface area contributed by atoms with E-state index in [4.69, 9.17) is 0 Å². The van der Waals surface area contributed by atoms with Gasteiger partial charge in [0.25, 0.3) is 0 Å². The van der Waals surface area contributed by atoms with Crippen molar-refractivity contribution in [2.24, 2.45) is 17.8 Å². The van der Waals surface area contributed by atoms with Crippen molar-refractivity contribution in [3.63, 3.8) is 0 Å². The molecule has 1 aromatic carbocycles. The molecule has 3 atom stereocenters. The molecular formula is C18H24N2O3S. The molecule has 0 unspecified atom stereocenters. The van der Waals surface area contributed by atoms with Crippen molar-refractivity contribution in [2.45, 2.75) is 43.4 Å². The summed E-state index contributed by atoms with van der Waals surface area (Å²) in [5.74, 6) is 2.14. The van der Waals surface area contributed by atoms with E-state index in [1.807, 2.05) is 0 Å². The summed E-state index contributed by atoms with van der Waals surface area (Å²) in [7, 11) is -3.47. The van der Waals surface area contributed by atoms with E-state index in [0.29, 0.717) is 31.3 Å². The number of hydrogen-bond donors (Lipinski definition) is 1. The molecule has 0 aromatic heterocycles. The Balaban J connectivity index is 1.41. The molecule has 1 aliphatic heterocycles. The van der Waals surface area contributed by atoms with Gasteiger partial charge in [0.05, 0.1) is 4.90 Å². The minimum absolute atomic E-state index is 0.111. The fourth-order valence-corrected chi connectivity index (χ4v) is 5.75. The van der Waals surface area contributed by atoms with Crippen LogP contribution in [0, 0.1) is 17.8 Å². The quantitative estimate of drug-likeness (QED) is 0.889. The first kappa shape index (κ1) is 16.1. The third-order valence-electron chi connectivity index (χ3n) is 5.95. The van der Waals surface area contributed by atoms with E-state index in [9.17, 15) is 13.2 Å². The lowest BCUT2D eigenvalue weighted by Crippen LogP contribution is -2.31. The number of carbonyl (C=O) groups is 1. The molecule has 5 nitrogen and oxygen atoms in total. The van der Waals surface area contributed by atoms with Gasteiger partial charge in [-0.15, -0.1) is 0 Å². The van der Waals surface area contributed by atoms with Crippen molar-refractivity contribution < 1.29 is 13.2 Å². The van der Waals surface area contributed by atoms with Gasteiger partial charge in [0.1, 0.15) is 0 Å². The first-order valence-electron chi connectivity index (χ1n) is 8.93. The van der Waals surface area contributed by atoms with Gasteiger partial charge in [-0.25, -0.2) is 13.1 Å². The molecule has 0 radical (unpaired) electrons. The van der Waals surface area contributed by atoms with Crippen LogP contribution in [0.15, 0.2) is 29.2 Å². The number of amides is 1. The van der Waals surface area contributed by atoms with Crippen LogP contribution in [0.4, 0.5) is 5.69 Å². The van der Waals surface area contributed by atoms with Crippen LogP contribution >= 0.6 is 0 Å². The van der Waals surface area contributed by atoms with Crippen molar-refractivity contribution in [1.82, 2.24) is 4.72 Å². The smallest absolute Gasteiger partial charge is 0.240 e. The molecule has 0 spiro atoms. The summed E-state index contributed by atoms with van der Waals surface area (Å²) in [5.41, 5.74) is 0.782. The zero-order chi connectivity index (χ0) is 16.7. The van der Waals surface area contributed by atoms with Gasteiger partial charge in [-0.2, -0.15) is 0 Å². The van der Waals surface area contributed by atoms with Crippen molar-refractivity contribution in [3.8, 4) is 0 Å². The Labute approximate surface area is 143 Å². The van der Waals surface area contributed by atoms with Gasteiger partial charge in [-0.1, -0.05) is 6.42 Å². The van der Waals surface area contributed by atoms with E-state index in [0.717, 1.165) is 18.0 Å². The number of fused-ring (bicyclic) bond motifs is 2. The van der Waals surface area contributed by atoms with E-state index < -0.39 is 10.0 Å². The second kappa shape index (κ2) is 6.15. The molecule has 1 saturated heterocycles. The largest absolute Gasteiger partial charge is 0.312 e. The highest BCUT2D eigenvalue weighted by atomic mass is 32.2. The highest BCUT2D eigenvalue weighted by molar-refractivity contribution is 7.89. The lowest BCUT2D eigenvalue weighted by atomic mass is 9.89. The highest BCUT2D eigenvalue weighted by Gasteiger charge is 2.39. The van der Waals surface area contributed by atoms with Gasteiger partial charge in [-0.05, 0) is 67.7 Å². The molecule has 4 rings (SSSR count). The van der Waals surface area contributed by atoms with Gasteiger partial charge < -0.3 is 4.90 Å². The molecule has 3 aliphatic rings. The number of carbonyl (C=O) groups excluding carboxylic acids is 1. The Morgan fingerprint density at radius 3 is 2.50 bits per heavy atom. The molecule has 2 bridgehead atoms. The fourth-order valence-electron chi connectivity index (χ4n) is 4.65. The van der Waals surface area contributed by atoms with E-state index >= 15 is 0 Å². The van der Waals surface area contributed by atoms with E-state index in [-0.39, 0.29) is 10.8 Å². The van der Waals surface area contributed by atoms with Crippen LogP contribution in [-0.4, -0.2) is 27.4 Å². The normalized spacial score (nSPS) is 29.6. The second-order valence-corrected chi connectivity index (χ2v) is 9.20. The average molecular weight is 348 g/mol. The lowest BCUT2D eigenvalue weighted by molar-refractivity contribution is -0.117. The molecule has 2 saturated carbocycles. The van der Waals surface area contributed by atoms with Crippen LogP contribution in [0.2, 0.25) is 0 Å². The van der Waals surface area contributed by atoms with Crippen LogP contribution in [0.3, 0.4) is 0 Å². The van der Waals surface area contributed by atoms with Crippen LogP contribution in [0.1, 0.15) is 38.5 Å². The Kier molecular flexibility index (Phi) is 4.12. The molecule has 130 valence electrons. The van der Waals surface area contributed by atoms with Gasteiger partial charge in [0.15, 0.2) is 0 Å². The van der Waals surface area contributed by atoms with Gasteiger partial charge in [0, 0.05) is 25.2 Å². The Morgan fingerprint density at radius 1 is 1.12 bits per heavy atom. The first-order valence-corrected chi connectivity index (χ1v) is 10.4. The van der Waals surface area contributed by atoms with E-state index in [1.54, 1.807) is 29.2 Å². The molecule has 1 N–H and O–H groups in total. The number of benzene rings is 1.